The Labute approximate surface area is 78.8 Å². The fourth-order valence-electron chi connectivity index (χ4n) is 0.775. The molecule has 0 aromatic heterocycles. The van der Waals surface area contributed by atoms with Crippen molar-refractivity contribution in [2.45, 2.75) is 0 Å². The normalized spacial score (nSPS) is 9.50. The van der Waals surface area contributed by atoms with Gasteiger partial charge < -0.3 is 9.64 Å². The zero-order valence-electron chi connectivity index (χ0n) is 7.32. The highest BCUT2D eigenvalue weighted by molar-refractivity contribution is 7.81. The highest BCUT2D eigenvalue weighted by Gasteiger charge is 2.08. The summed E-state index contributed by atoms with van der Waals surface area (Å²) >= 11 is 3.90. The summed E-state index contributed by atoms with van der Waals surface area (Å²) in [5.74, 6) is 0.243. The first-order valence-corrected chi connectivity index (χ1v) is 4.38. The second-order valence-corrected chi connectivity index (χ2v) is 2.60. The number of ether oxygens (including phenoxy) is 1. The van der Waals surface area contributed by atoms with Crippen molar-refractivity contribution in [1.82, 2.24) is 4.90 Å². The van der Waals surface area contributed by atoms with Crippen LogP contribution in [0.4, 0.5) is 0 Å². The summed E-state index contributed by atoms with van der Waals surface area (Å²) in [6.45, 7) is 5.27. The molecule has 0 aliphatic carbocycles. The topological polar surface area (TPSA) is 29.5 Å². The van der Waals surface area contributed by atoms with E-state index >= 15 is 0 Å². The van der Waals surface area contributed by atoms with Gasteiger partial charge in [-0.3, -0.25) is 4.79 Å². The van der Waals surface area contributed by atoms with Crippen LogP contribution in [-0.4, -0.2) is 43.4 Å². The molecule has 0 aromatic carbocycles. The molecule has 0 heterocycles. The van der Waals surface area contributed by atoms with Crippen molar-refractivity contribution in [3.05, 3.63) is 12.7 Å². The molecule has 0 unspecified atom stereocenters. The fraction of sp³-hybridized carbons (Fsp3) is 0.625. The van der Waals surface area contributed by atoms with Gasteiger partial charge in [-0.15, -0.1) is 6.58 Å². The molecule has 70 valence electrons. The first kappa shape index (κ1) is 11.5. The van der Waals surface area contributed by atoms with Gasteiger partial charge in [-0.2, -0.15) is 12.6 Å². The Hall–Kier alpha value is -0.480. The Bertz CT molecular complexity index is 150. The maximum absolute atomic E-state index is 11.2. The van der Waals surface area contributed by atoms with Gasteiger partial charge in [0.15, 0.2) is 0 Å². The van der Waals surface area contributed by atoms with Crippen molar-refractivity contribution in [3.63, 3.8) is 0 Å². The van der Waals surface area contributed by atoms with Gasteiger partial charge in [-0.05, 0) is 0 Å². The molecule has 0 saturated carbocycles. The van der Waals surface area contributed by atoms with Crippen LogP contribution in [0.1, 0.15) is 0 Å². The minimum atomic E-state index is 0.00952. The summed E-state index contributed by atoms with van der Waals surface area (Å²) in [6.07, 6.45) is 1.69. The first-order chi connectivity index (χ1) is 5.76. The van der Waals surface area contributed by atoms with Crippen LogP contribution in [0.2, 0.25) is 0 Å². The van der Waals surface area contributed by atoms with E-state index in [-0.39, 0.29) is 11.7 Å². The van der Waals surface area contributed by atoms with Gasteiger partial charge in [0.2, 0.25) is 5.91 Å². The minimum Gasteiger partial charge on any atom is -0.383 e. The predicted octanol–water partition coefficient (Wildman–Crippen LogP) is 0.577. The van der Waals surface area contributed by atoms with Crippen LogP contribution in [0, 0.1) is 0 Å². The lowest BCUT2D eigenvalue weighted by atomic mass is 10.4. The lowest BCUT2D eigenvalue weighted by Crippen LogP contribution is -2.34. The summed E-state index contributed by atoms with van der Waals surface area (Å²) in [5.41, 5.74) is 0. The Morgan fingerprint density at radius 3 is 2.83 bits per heavy atom. The molecular formula is C8H15NO2S. The van der Waals surface area contributed by atoms with E-state index in [2.05, 4.69) is 19.2 Å². The van der Waals surface area contributed by atoms with Gasteiger partial charge in [-0.25, -0.2) is 0 Å². The van der Waals surface area contributed by atoms with Gasteiger partial charge in [0.1, 0.15) is 0 Å². The molecule has 4 heteroatoms. The van der Waals surface area contributed by atoms with Crippen LogP contribution in [0.5, 0.6) is 0 Å². The SMILES string of the molecule is C=CCN(CCOC)C(=O)CS. The van der Waals surface area contributed by atoms with E-state index < -0.39 is 0 Å². The number of carbonyl (C=O) groups is 1. The molecule has 0 radical (unpaired) electrons. The van der Waals surface area contributed by atoms with Crippen LogP contribution in [0.3, 0.4) is 0 Å². The van der Waals surface area contributed by atoms with Crippen LogP contribution >= 0.6 is 12.6 Å². The Morgan fingerprint density at radius 2 is 2.42 bits per heavy atom. The van der Waals surface area contributed by atoms with Crippen LogP contribution < -0.4 is 0 Å². The van der Waals surface area contributed by atoms with Crippen molar-refractivity contribution < 1.29 is 9.53 Å². The summed E-state index contributed by atoms with van der Waals surface area (Å²) < 4.78 is 4.86. The average molecular weight is 189 g/mol. The molecule has 0 rings (SSSR count). The van der Waals surface area contributed by atoms with Gasteiger partial charge in [0.25, 0.3) is 0 Å². The third-order valence-corrected chi connectivity index (χ3v) is 1.67. The van der Waals surface area contributed by atoms with E-state index in [1.807, 2.05) is 0 Å². The Balaban J connectivity index is 3.84. The lowest BCUT2D eigenvalue weighted by molar-refractivity contribution is -0.128. The minimum absolute atomic E-state index is 0.00952. The summed E-state index contributed by atoms with van der Waals surface area (Å²) in [7, 11) is 1.61. The maximum Gasteiger partial charge on any atom is 0.232 e. The van der Waals surface area contributed by atoms with Crippen molar-refractivity contribution in [2.24, 2.45) is 0 Å². The lowest BCUT2D eigenvalue weighted by Gasteiger charge is -2.19. The van der Waals surface area contributed by atoms with Crippen molar-refractivity contribution in [1.29, 1.82) is 0 Å². The fourth-order valence-corrected chi connectivity index (χ4v) is 0.975. The van der Waals surface area contributed by atoms with E-state index in [1.165, 1.54) is 0 Å². The van der Waals surface area contributed by atoms with E-state index in [0.717, 1.165) is 0 Å². The summed E-state index contributed by atoms with van der Waals surface area (Å²) in [6, 6.07) is 0. The molecule has 0 bridgehead atoms. The third-order valence-electron chi connectivity index (χ3n) is 1.40. The van der Waals surface area contributed by atoms with Crippen molar-refractivity contribution in [3.8, 4) is 0 Å². The Morgan fingerprint density at radius 1 is 1.75 bits per heavy atom. The number of rotatable bonds is 6. The number of thiol groups is 1. The van der Waals surface area contributed by atoms with Crippen LogP contribution in [-0.2, 0) is 9.53 Å². The van der Waals surface area contributed by atoms with Crippen molar-refractivity contribution in [2.75, 3.05) is 32.6 Å². The highest BCUT2D eigenvalue weighted by Crippen LogP contribution is 1.92. The third kappa shape index (κ3) is 4.41. The molecular weight excluding hydrogens is 174 g/mol. The summed E-state index contributed by atoms with van der Waals surface area (Å²) in [5, 5.41) is 0. The molecule has 0 aliphatic heterocycles. The largest absolute Gasteiger partial charge is 0.383 e. The first-order valence-electron chi connectivity index (χ1n) is 3.74. The van der Waals surface area contributed by atoms with Crippen LogP contribution in [0.15, 0.2) is 12.7 Å². The molecule has 0 fully saturated rings. The molecule has 12 heavy (non-hydrogen) atoms. The van der Waals surface area contributed by atoms with Gasteiger partial charge in [0, 0.05) is 20.2 Å². The zero-order valence-corrected chi connectivity index (χ0v) is 8.22. The molecule has 0 saturated heterocycles. The quantitative estimate of drug-likeness (QED) is 0.489. The second-order valence-electron chi connectivity index (χ2n) is 2.28. The van der Waals surface area contributed by atoms with Crippen LogP contribution in [0.25, 0.3) is 0 Å². The molecule has 1 amide bonds. The molecule has 0 N–H and O–H groups in total. The molecule has 0 spiro atoms. The number of hydrogen-bond acceptors (Lipinski definition) is 3. The number of hydrogen-bond donors (Lipinski definition) is 1. The average Bonchev–Trinajstić information content (AvgIpc) is 2.11. The Kier molecular flexibility index (Phi) is 6.90. The van der Waals surface area contributed by atoms with Gasteiger partial charge in [0.05, 0.1) is 12.4 Å². The highest BCUT2D eigenvalue weighted by atomic mass is 32.1. The predicted molar refractivity (Wildman–Crippen MR) is 52.5 cm³/mol. The number of methoxy groups -OCH3 is 1. The van der Waals surface area contributed by atoms with Gasteiger partial charge >= 0.3 is 0 Å². The standard InChI is InChI=1S/C8H15NO2S/c1-3-4-9(5-6-11-2)8(10)7-12/h3,12H,1,4-7H2,2H3. The number of carbonyl (C=O) groups excluding carboxylic acids is 1. The summed E-state index contributed by atoms with van der Waals surface area (Å²) in [4.78, 5) is 12.8. The van der Waals surface area contributed by atoms with E-state index in [1.54, 1.807) is 18.1 Å². The number of amides is 1. The number of nitrogens with zero attached hydrogens (tertiary/aromatic N) is 1. The van der Waals surface area contributed by atoms with E-state index in [4.69, 9.17) is 4.74 Å². The molecule has 0 atom stereocenters. The van der Waals surface area contributed by atoms with E-state index in [9.17, 15) is 4.79 Å². The van der Waals surface area contributed by atoms with Gasteiger partial charge in [-0.1, -0.05) is 6.08 Å². The molecule has 3 nitrogen and oxygen atoms in total. The smallest absolute Gasteiger partial charge is 0.232 e. The van der Waals surface area contributed by atoms with Crippen molar-refractivity contribution >= 4 is 18.5 Å². The molecule has 0 aromatic rings. The van der Waals surface area contributed by atoms with E-state index in [0.29, 0.717) is 19.7 Å². The zero-order chi connectivity index (χ0) is 9.40. The maximum atomic E-state index is 11.2. The second kappa shape index (κ2) is 7.18. The molecule has 0 aliphatic rings. The monoisotopic (exact) mass is 189 g/mol.